The molecule has 0 saturated heterocycles. The number of sulfonamides is 1. The molecule has 0 saturated carbocycles. The molecule has 0 bridgehead atoms. The zero-order chi connectivity index (χ0) is 13.2. The lowest BCUT2D eigenvalue weighted by atomic mass is 10.5. The molecule has 0 aliphatic carbocycles. The van der Waals surface area contributed by atoms with Crippen LogP contribution in [0.1, 0.15) is 9.75 Å². The molecular weight excluding hydrogens is 356 g/mol. The van der Waals surface area contributed by atoms with Gasteiger partial charge in [-0.1, -0.05) is 0 Å². The van der Waals surface area contributed by atoms with E-state index in [0.29, 0.717) is 13.1 Å². The van der Waals surface area contributed by atoms with E-state index < -0.39 is 10.0 Å². The summed E-state index contributed by atoms with van der Waals surface area (Å²) in [6.45, 7) is 0.657. The van der Waals surface area contributed by atoms with E-state index in [2.05, 4.69) is 20.7 Å². The van der Waals surface area contributed by atoms with Gasteiger partial charge >= 0.3 is 0 Å². The summed E-state index contributed by atoms with van der Waals surface area (Å²) in [6, 6.07) is 3.50. The molecule has 2 rings (SSSR count). The molecule has 0 radical (unpaired) electrons. The van der Waals surface area contributed by atoms with Gasteiger partial charge in [-0.2, -0.15) is 0 Å². The van der Waals surface area contributed by atoms with Gasteiger partial charge in [-0.05, 0) is 28.1 Å². The molecule has 0 aliphatic rings. The maximum atomic E-state index is 12.0. The molecule has 2 aromatic heterocycles. The van der Waals surface area contributed by atoms with Crippen LogP contribution >= 0.6 is 38.6 Å². The van der Waals surface area contributed by atoms with Crippen LogP contribution in [0.15, 0.2) is 32.3 Å². The van der Waals surface area contributed by atoms with Crippen molar-refractivity contribution >= 4 is 48.6 Å². The van der Waals surface area contributed by atoms with Gasteiger partial charge in [0.25, 0.3) is 0 Å². The lowest BCUT2D eigenvalue weighted by Crippen LogP contribution is -2.22. The molecule has 0 amide bonds. The van der Waals surface area contributed by atoms with Crippen molar-refractivity contribution in [2.45, 2.75) is 18.0 Å². The first kappa shape index (κ1) is 14.2. The van der Waals surface area contributed by atoms with Gasteiger partial charge in [0, 0.05) is 38.1 Å². The van der Waals surface area contributed by atoms with Gasteiger partial charge in [0.15, 0.2) is 0 Å². The summed E-state index contributed by atoms with van der Waals surface area (Å²) in [5, 5.41) is 3.52. The maximum absolute atomic E-state index is 12.0. The molecule has 4 nitrogen and oxygen atoms in total. The highest BCUT2D eigenvalue weighted by Gasteiger charge is 2.15. The van der Waals surface area contributed by atoms with E-state index in [9.17, 15) is 8.42 Å². The average molecular weight is 367 g/mol. The number of nitrogens with two attached hydrogens (primary N) is 1. The third-order valence-corrected chi connectivity index (χ3v) is 6.39. The second-order valence-electron chi connectivity index (χ2n) is 3.51. The van der Waals surface area contributed by atoms with E-state index in [-0.39, 0.29) is 4.90 Å². The molecule has 0 atom stereocenters. The van der Waals surface area contributed by atoms with Gasteiger partial charge < -0.3 is 5.73 Å². The molecule has 0 fully saturated rings. The van der Waals surface area contributed by atoms with Crippen molar-refractivity contribution in [3.63, 3.8) is 0 Å². The summed E-state index contributed by atoms with van der Waals surface area (Å²) >= 11 is 6.19. The lowest BCUT2D eigenvalue weighted by Gasteiger charge is -2.02. The van der Waals surface area contributed by atoms with E-state index in [1.807, 2.05) is 11.4 Å². The Hall–Kier alpha value is -0.250. The lowest BCUT2D eigenvalue weighted by molar-refractivity contribution is 0.582. The molecule has 98 valence electrons. The molecule has 3 N–H and O–H groups in total. The molecule has 8 heteroatoms. The predicted octanol–water partition coefficient (Wildman–Crippen LogP) is 2.51. The average Bonchev–Trinajstić information content (AvgIpc) is 2.95. The van der Waals surface area contributed by atoms with E-state index in [4.69, 9.17) is 5.73 Å². The van der Waals surface area contributed by atoms with Crippen LogP contribution < -0.4 is 10.5 Å². The number of nitrogens with one attached hydrogen (secondary N) is 1. The van der Waals surface area contributed by atoms with E-state index in [1.165, 1.54) is 22.7 Å². The Balaban J connectivity index is 2.07. The standard InChI is InChI=1S/C10H11BrN2O2S3/c11-7-1-9(16-5-7)4-13-18(14,15)10-2-8(3-12)17-6-10/h1-2,5-6,13H,3-4,12H2. The Morgan fingerprint density at radius 3 is 2.50 bits per heavy atom. The third-order valence-electron chi connectivity index (χ3n) is 2.20. The van der Waals surface area contributed by atoms with Crippen LogP contribution in [0.5, 0.6) is 0 Å². The topological polar surface area (TPSA) is 72.2 Å². The molecule has 0 unspecified atom stereocenters. The van der Waals surface area contributed by atoms with Crippen molar-refractivity contribution in [1.82, 2.24) is 4.72 Å². The quantitative estimate of drug-likeness (QED) is 0.853. The summed E-state index contributed by atoms with van der Waals surface area (Å²) < 4.78 is 27.5. The molecular formula is C10H11BrN2O2S3. The molecule has 0 aliphatic heterocycles. The normalized spacial score (nSPS) is 11.9. The fraction of sp³-hybridized carbons (Fsp3) is 0.200. The predicted molar refractivity (Wildman–Crippen MR) is 78.3 cm³/mol. The third kappa shape index (κ3) is 3.40. The highest BCUT2D eigenvalue weighted by Crippen LogP contribution is 2.21. The van der Waals surface area contributed by atoms with Crippen molar-refractivity contribution in [2.75, 3.05) is 0 Å². The molecule has 0 spiro atoms. The number of rotatable bonds is 5. The first-order valence-electron chi connectivity index (χ1n) is 5.01. The molecule has 0 aromatic carbocycles. The Morgan fingerprint density at radius 1 is 1.22 bits per heavy atom. The zero-order valence-electron chi connectivity index (χ0n) is 9.22. The van der Waals surface area contributed by atoms with Gasteiger partial charge in [-0.25, -0.2) is 13.1 Å². The van der Waals surface area contributed by atoms with Crippen LogP contribution in [0.25, 0.3) is 0 Å². The van der Waals surface area contributed by atoms with Crippen molar-refractivity contribution < 1.29 is 8.42 Å². The Bertz CT molecular complexity index is 633. The number of halogens is 1. The molecule has 2 heterocycles. The monoisotopic (exact) mass is 366 g/mol. The molecule has 2 aromatic rings. The van der Waals surface area contributed by atoms with Crippen LogP contribution in [0, 0.1) is 0 Å². The van der Waals surface area contributed by atoms with E-state index >= 15 is 0 Å². The number of hydrogen-bond acceptors (Lipinski definition) is 5. The first-order valence-corrected chi connectivity index (χ1v) is 9.05. The second kappa shape index (κ2) is 5.81. The summed E-state index contributed by atoms with van der Waals surface area (Å²) in [5.74, 6) is 0. The van der Waals surface area contributed by atoms with Gasteiger partial charge in [-0.3, -0.25) is 0 Å². The second-order valence-corrected chi connectivity index (χ2v) is 8.18. The number of thiophene rings is 2. The smallest absolute Gasteiger partial charge is 0.241 e. The Labute approximate surface area is 122 Å². The minimum absolute atomic E-state index is 0.281. The maximum Gasteiger partial charge on any atom is 0.241 e. The van der Waals surface area contributed by atoms with Gasteiger partial charge in [0.05, 0.1) is 4.90 Å². The highest BCUT2D eigenvalue weighted by molar-refractivity contribution is 9.10. The van der Waals surface area contributed by atoms with Crippen LogP contribution in [0.4, 0.5) is 0 Å². The summed E-state index contributed by atoms with van der Waals surface area (Å²) in [5.41, 5.74) is 5.47. The highest BCUT2D eigenvalue weighted by atomic mass is 79.9. The van der Waals surface area contributed by atoms with Crippen LogP contribution in [-0.4, -0.2) is 8.42 Å². The Kier molecular flexibility index (Phi) is 4.57. The van der Waals surface area contributed by atoms with Crippen molar-refractivity contribution in [3.8, 4) is 0 Å². The van der Waals surface area contributed by atoms with Crippen LogP contribution in [0.2, 0.25) is 0 Å². The fourth-order valence-electron chi connectivity index (χ4n) is 1.30. The molecule has 18 heavy (non-hydrogen) atoms. The van der Waals surface area contributed by atoms with Crippen LogP contribution in [0.3, 0.4) is 0 Å². The van der Waals surface area contributed by atoms with Crippen molar-refractivity contribution in [1.29, 1.82) is 0 Å². The summed E-state index contributed by atoms with van der Waals surface area (Å²) in [7, 11) is -3.44. The zero-order valence-corrected chi connectivity index (χ0v) is 13.3. The van der Waals surface area contributed by atoms with E-state index in [1.54, 1.807) is 11.4 Å². The minimum Gasteiger partial charge on any atom is -0.326 e. The summed E-state index contributed by atoms with van der Waals surface area (Å²) in [4.78, 5) is 2.09. The number of hydrogen-bond donors (Lipinski definition) is 2. The fourth-order valence-corrected chi connectivity index (χ4v) is 4.95. The van der Waals surface area contributed by atoms with E-state index in [0.717, 1.165) is 14.2 Å². The van der Waals surface area contributed by atoms with Gasteiger partial charge in [0.2, 0.25) is 10.0 Å². The SMILES string of the molecule is NCc1cc(S(=O)(=O)NCc2cc(Br)cs2)cs1. The Morgan fingerprint density at radius 2 is 1.94 bits per heavy atom. The van der Waals surface area contributed by atoms with Crippen molar-refractivity contribution in [2.24, 2.45) is 5.73 Å². The largest absolute Gasteiger partial charge is 0.326 e. The van der Waals surface area contributed by atoms with Crippen molar-refractivity contribution in [3.05, 3.63) is 37.1 Å². The first-order chi connectivity index (χ1) is 8.51. The minimum atomic E-state index is -3.44. The van der Waals surface area contributed by atoms with Gasteiger partial charge in [0.1, 0.15) is 0 Å². The summed E-state index contributed by atoms with van der Waals surface area (Å²) in [6.07, 6.45) is 0. The van der Waals surface area contributed by atoms with Crippen LogP contribution in [-0.2, 0) is 23.1 Å². The van der Waals surface area contributed by atoms with Gasteiger partial charge in [-0.15, -0.1) is 22.7 Å².